The maximum Gasteiger partial charge on any atom is 0.348 e. The Balaban J connectivity index is 2.22. The van der Waals surface area contributed by atoms with E-state index in [4.69, 9.17) is 9.52 Å². The van der Waals surface area contributed by atoms with Gasteiger partial charge in [0.1, 0.15) is 22.8 Å². The maximum absolute atomic E-state index is 11.9. The van der Waals surface area contributed by atoms with Crippen molar-refractivity contribution in [2.75, 3.05) is 0 Å². The van der Waals surface area contributed by atoms with E-state index in [1.807, 2.05) is 0 Å². The highest BCUT2D eigenvalue weighted by Crippen LogP contribution is 2.15. The van der Waals surface area contributed by atoms with Crippen LogP contribution in [0.1, 0.15) is 28.6 Å². The molecule has 0 fully saturated rings. The summed E-state index contributed by atoms with van der Waals surface area (Å²) in [4.78, 5) is 23.6. The van der Waals surface area contributed by atoms with E-state index in [2.05, 4.69) is 10.5 Å². The molecule has 3 N–H and O–H groups in total. The number of carbonyl (C=O) groups excluding carboxylic acids is 1. The molecule has 7 nitrogen and oxygen atoms in total. The summed E-state index contributed by atoms with van der Waals surface area (Å²) in [5.74, 6) is -0.477. The first-order chi connectivity index (χ1) is 10.4. The highest BCUT2D eigenvalue weighted by atomic mass is 16.4. The van der Waals surface area contributed by atoms with E-state index >= 15 is 0 Å². The number of aromatic hydroxyl groups is 2. The Morgan fingerprint density at radius 3 is 2.45 bits per heavy atom. The Morgan fingerprint density at radius 1 is 1.23 bits per heavy atom. The number of phenolic OH excluding ortho intramolecular Hbond substituents is 1. The minimum Gasteiger partial charge on any atom is -0.508 e. The lowest BCUT2D eigenvalue weighted by atomic mass is 10.2. The van der Waals surface area contributed by atoms with Gasteiger partial charge in [0, 0.05) is 11.6 Å². The van der Waals surface area contributed by atoms with Gasteiger partial charge in [0.05, 0.1) is 5.71 Å². The van der Waals surface area contributed by atoms with Crippen LogP contribution >= 0.6 is 0 Å². The maximum atomic E-state index is 11.9. The first-order valence-electron chi connectivity index (χ1n) is 6.36. The van der Waals surface area contributed by atoms with Crippen LogP contribution in [0, 0.1) is 6.92 Å². The highest BCUT2D eigenvalue weighted by molar-refractivity contribution is 6.02. The molecule has 2 rings (SSSR count). The van der Waals surface area contributed by atoms with E-state index in [0.29, 0.717) is 0 Å². The molecule has 0 saturated heterocycles. The van der Waals surface area contributed by atoms with Gasteiger partial charge in [0.25, 0.3) is 5.91 Å². The molecule has 1 aromatic carbocycles. The number of nitrogens with zero attached hydrogens (tertiary/aromatic N) is 1. The number of rotatable bonds is 3. The van der Waals surface area contributed by atoms with Crippen LogP contribution in [-0.4, -0.2) is 21.8 Å². The normalized spacial score (nSPS) is 11.3. The summed E-state index contributed by atoms with van der Waals surface area (Å²) >= 11 is 0. The van der Waals surface area contributed by atoms with Gasteiger partial charge < -0.3 is 14.6 Å². The van der Waals surface area contributed by atoms with Crippen molar-refractivity contribution in [2.45, 2.75) is 13.8 Å². The van der Waals surface area contributed by atoms with Gasteiger partial charge in [-0.1, -0.05) is 0 Å². The highest BCUT2D eigenvalue weighted by Gasteiger charge is 2.13. The lowest BCUT2D eigenvalue weighted by Gasteiger charge is -2.04. The van der Waals surface area contributed by atoms with E-state index in [1.54, 1.807) is 0 Å². The number of benzene rings is 1. The van der Waals surface area contributed by atoms with Crippen LogP contribution in [0.3, 0.4) is 0 Å². The summed E-state index contributed by atoms with van der Waals surface area (Å²) in [5, 5.41) is 22.7. The summed E-state index contributed by atoms with van der Waals surface area (Å²) in [6.45, 7) is 2.99. The van der Waals surface area contributed by atoms with Crippen LogP contribution < -0.4 is 11.1 Å². The van der Waals surface area contributed by atoms with Crippen molar-refractivity contribution >= 4 is 11.6 Å². The van der Waals surface area contributed by atoms with Gasteiger partial charge in [0.15, 0.2) is 0 Å². The van der Waals surface area contributed by atoms with Crippen LogP contribution in [0.15, 0.2) is 44.6 Å². The van der Waals surface area contributed by atoms with Gasteiger partial charge in [-0.05, 0) is 38.1 Å². The minimum absolute atomic E-state index is 0.0402. The molecular weight excluding hydrogens is 288 g/mol. The third-order valence-electron chi connectivity index (χ3n) is 2.87. The van der Waals surface area contributed by atoms with E-state index in [0.717, 1.165) is 0 Å². The zero-order valence-corrected chi connectivity index (χ0v) is 12.0. The molecule has 114 valence electrons. The van der Waals surface area contributed by atoms with Gasteiger partial charge in [-0.2, -0.15) is 5.10 Å². The molecule has 1 amide bonds. The third kappa shape index (κ3) is 3.32. The van der Waals surface area contributed by atoms with Crippen LogP contribution in [0.2, 0.25) is 0 Å². The van der Waals surface area contributed by atoms with Gasteiger partial charge in [-0.3, -0.25) is 4.79 Å². The monoisotopic (exact) mass is 302 g/mol. The number of phenols is 1. The summed E-state index contributed by atoms with van der Waals surface area (Å²) in [7, 11) is 0. The topological polar surface area (TPSA) is 112 Å². The van der Waals surface area contributed by atoms with E-state index in [-0.39, 0.29) is 34.1 Å². The average Bonchev–Trinajstić information content (AvgIpc) is 2.44. The standard InChI is InChI=1S/C15H14N2O5/c1-8-7-12(19)13(15(21)22-8)9(2)16-17-14(20)10-3-5-11(18)6-4-10/h3-7,18-19H,1-2H3,(H,17,20)/b16-9+. The minimum atomic E-state index is -0.738. The van der Waals surface area contributed by atoms with Crippen molar-refractivity contribution in [1.29, 1.82) is 0 Å². The van der Waals surface area contributed by atoms with E-state index in [1.165, 1.54) is 44.2 Å². The molecule has 1 heterocycles. The SMILES string of the molecule is C/C(=N\NC(=O)c1ccc(O)cc1)c1c(O)cc(C)oc1=O. The van der Waals surface area contributed by atoms with Gasteiger partial charge in [0.2, 0.25) is 0 Å². The third-order valence-corrected chi connectivity index (χ3v) is 2.87. The molecule has 0 aliphatic rings. The largest absolute Gasteiger partial charge is 0.508 e. The molecule has 0 aliphatic carbocycles. The number of hydrazone groups is 1. The second-order valence-electron chi connectivity index (χ2n) is 4.59. The van der Waals surface area contributed by atoms with Crippen LogP contribution in [0.25, 0.3) is 0 Å². The molecule has 2 aromatic rings. The predicted molar refractivity (Wildman–Crippen MR) is 79.2 cm³/mol. The second kappa shape index (κ2) is 6.13. The first kappa shape index (κ1) is 15.3. The second-order valence-corrected chi connectivity index (χ2v) is 4.59. The number of carbonyl (C=O) groups is 1. The Bertz CT molecular complexity index is 791. The Hall–Kier alpha value is -3.09. The number of hydrogen-bond acceptors (Lipinski definition) is 6. The molecule has 0 atom stereocenters. The van der Waals surface area contributed by atoms with Gasteiger partial charge in [-0.25, -0.2) is 10.2 Å². The Labute approximate surface area is 125 Å². The Kier molecular flexibility index (Phi) is 4.26. The molecule has 1 aromatic heterocycles. The molecule has 7 heteroatoms. The smallest absolute Gasteiger partial charge is 0.348 e. The fourth-order valence-electron chi connectivity index (χ4n) is 1.80. The summed E-state index contributed by atoms with van der Waals surface area (Å²) in [5.41, 5.74) is 1.81. The number of nitrogens with one attached hydrogen (secondary N) is 1. The van der Waals surface area contributed by atoms with Crippen LogP contribution in [0.4, 0.5) is 0 Å². The fourth-order valence-corrected chi connectivity index (χ4v) is 1.80. The zero-order valence-electron chi connectivity index (χ0n) is 12.0. The fraction of sp³-hybridized carbons (Fsp3) is 0.133. The summed E-state index contributed by atoms with van der Waals surface area (Å²) < 4.78 is 4.88. The van der Waals surface area contributed by atoms with Gasteiger partial charge in [-0.15, -0.1) is 0 Å². The molecule has 0 unspecified atom stereocenters. The van der Waals surface area contributed by atoms with Gasteiger partial charge >= 0.3 is 5.63 Å². The summed E-state index contributed by atoms with van der Waals surface area (Å²) in [6.07, 6.45) is 0. The lowest BCUT2D eigenvalue weighted by Crippen LogP contribution is -2.21. The van der Waals surface area contributed by atoms with Crippen molar-refractivity contribution in [2.24, 2.45) is 5.10 Å². The lowest BCUT2D eigenvalue weighted by molar-refractivity contribution is 0.0954. The summed E-state index contributed by atoms with van der Waals surface area (Å²) in [6, 6.07) is 6.87. The quantitative estimate of drug-likeness (QED) is 0.587. The molecule has 0 spiro atoms. The van der Waals surface area contributed by atoms with E-state index < -0.39 is 11.5 Å². The van der Waals surface area contributed by atoms with Crippen molar-refractivity contribution in [3.05, 3.63) is 57.6 Å². The molecule has 22 heavy (non-hydrogen) atoms. The molecular formula is C15H14N2O5. The van der Waals surface area contributed by atoms with Crippen molar-refractivity contribution in [1.82, 2.24) is 5.43 Å². The number of amides is 1. The Morgan fingerprint density at radius 2 is 1.86 bits per heavy atom. The molecule has 0 saturated carbocycles. The number of hydrogen-bond donors (Lipinski definition) is 3. The molecule has 0 aliphatic heterocycles. The average molecular weight is 302 g/mol. The van der Waals surface area contributed by atoms with Crippen molar-refractivity contribution < 1.29 is 19.4 Å². The van der Waals surface area contributed by atoms with Crippen LogP contribution in [0.5, 0.6) is 11.5 Å². The first-order valence-corrected chi connectivity index (χ1v) is 6.36. The van der Waals surface area contributed by atoms with E-state index in [9.17, 15) is 14.7 Å². The van der Waals surface area contributed by atoms with Crippen LogP contribution in [-0.2, 0) is 0 Å². The molecule has 0 bridgehead atoms. The predicted octanol–water partition coefficient (Wildman–Crippen LogP) is 1.51. The molecule has 0 radical (unpaired) electrons. The van der Waals surface area contributed by atoms with Crippen molar-refractivity contribution in [3.63, 3.8) is 0 Å². The van der Waals surface area contributed by atoms with Crippen molar-refractivity contribution in [3.8, 4) is 11.5 Å². The zero-order chi connectivity index (χ0) is 16.3. The number of aryl methyl sites for hydroxylation is 1.